The quantitative estimate of drug-likeness (QED) is 0.733. The summed E-state index contributed by atoms with van der Waals surface area (Å²) < 4.78 is 6.39. The van der Waals surface area contributed by atoms with Gasteiger partial charge in [-0.3, -0.25) is 14.3 Å². The summed E-state index contributed by atoms with van der Waals surface area (Å²) in [5.41, 5.74) is 1.05. The number of carbonyl (C=O) groups excluding carboxylic acids is 3. The highest BCUT2D eigenvalue weighted by Gasteiger charge is 2.33. The molecule has 1 atom stereocenters. The van der Waals surface area contributed by atoms with Crippen molar-refractivity contribution < 1.29 is 19.1 Å². The fourth-order valence-electron chi connectivity index (χ4n) is 3.13. The normalized spacial score (nSPS) is 18.8. The van der Waals surface area contributed by atoms with Gasteiger partial charge < -0.3 is 14.5 Å². The fourth-order valence-corrected chi connectivity index (χ4v) is 3.13. The van der Waals surface area contributed by atoms with Gasteiger partial charge in [0.1, 0.15) is 6.04 Å². The van der Waals surface area contributed by atoms with Crippen molar-refractivity contribution in [2.24, 2.45) is 0 Å². The molecule has 3 rings (SSSR count). The van der Waals surface area contributed by atoms with E-state index in [1.54, 1.807) is 27.5 Å². The smallest absolute Gasteiger partial charge is 0.358 e. The zero-order chi connectivity index (χ0) is 16.6. The number of aromatic nitrogens is 2. The van der Waals surface area contributed by atoms with Gasteiger partial charge in [-0.2, -0.15) is 5.10 Å². The largest absolute Gasteiger partial charge is 0.464 e. The number of likely N-dealkylation sites (tertiary alicyclic amines) is 1. The van der Waals surface area contributed by atoms with Crippen molar-refractivity contribution in [3.63, 3.8) is 0 Å². The molecule has 8 nitrogen and oxygen atoms in total. The number of hydrogen-bond acceptors (Lipinski definition) is 5. The van der Waals surface area contributed by atoms with E-state index in [4.69, 9.17) is 0 Å². The van der Waals surface area contributed by atoms with Crippen LogP contribution in [0.3, 0.4) is 0 Å². The summed E-state index contributed by atoms with van der Waals surface area (Å²) in [6.45, 7) is 3.84. The van der Waals surface area contributed by atoms with Crippen LogP contribution in [0.1, 0.15) is 35.9 Å². The van der Waals surface area contributed by atoms with Crippen molar-refractivity contribution in [3.8, 4) is 0 Å². The molecule has 23 heavy (non-hydrogen) atoms. The van der Waals surface area contributed by atoms with E-state index in [0.29, 0.717) is 32.6 Å². The molecule has 0 N–H and O–H groups in total. The van der Waals surface area contributed by atoms with Crippen LogP contribution in [0.4, 0.5) is 0 Å². The minimum Gasteiger partial charge on any atom is -0.464 e. The Balaban J connectivity index is 1.71. The van der Waals surface area contributed by atoms with Crippen LogP contribution in [0.25, 0.3) is 0 Å². The molecule has 0 radical (unpaired) electrons. The summed E-state index contributed by atoms with van der Waals surface area (Å²) in [6, 6.07) is 1.20. The van der Waals surface area contributed by atoms with Gasteiger partial charge in [-0.15, -0.1) is 0 Å². The van der Waals surface area contributed by atoms with Crippen molar-refractivity contribution in [2.75, 3.05) is 20.2 Å². The standard InChI is InChI=1S/C15H20N4O4/c1-10(18-5-3-4-13(18)20)14(21)17-6-7-19-11(9-17)8-12(16-19)15(22)23-2/h8,10H,3-7,9H2,1-2H3/t10-/m0/s1. The van der Waals surface area contributed by atoms with Gasteiger partial charge in [-0.05, 0) is 19.4 Å². The molecule has 1 aromatic heterocycles. The van der Waals surface area contributed by atoms with E-state index in [0.717, 1.165) is 12.1 Å². The van der Waals surface area contributed by atoms with Gasteiger partial charge in [-0.1, -0.05) is 0 Å². The molecule has 8 heteroatoms. The molecule has 1 aromatic rings. The minimum atomic E-state index is -0.485. The van der Waals surface area contributed by atoms with E-state index < -0.39 is 12.0 Å². The van der Waals surface area contributed by atoms with E-state index in [-0.39, 0.29) is 17.5 Å². The Morgan fingerprint density at radius 1 is 1.30 bits per heavy atom. The zero-order valence-corrected chi connectivity index (χ0v) is 13.3. The number of hydrogen-bond donors (Lipinski definition) is 0. The second-order valence-corrected chi connectivity index (χ2v) is 5.86. The molecule has 2 amide bonds. The molecule has 1 fully saturated rings. The Kier molecular flexibility index (Phi) is 4.06. The molecule has 0 saturated carbocycles. The lowest BCUT2D eigenvalue weighted by Gasteiger charge is -2.33. The third-order valence-corrected chi connectivity index (χ3v) is 4.44. The molecule has 124 valence electrons. The van der Waals surface area contributed by atoms with Gasteiger partial charge in [0.2, 0.25) is 11.8 Å². The van der Waals surface area contributed by atoms with Gasteiger partial charge in [0.05, 0.1) is 25.9 Å². The number of nitrogens with zero attached hydrogens (tertiary/aromatic N) is 4. The summed E-state index contributed by atoms with van der Waals surface area (Å²) in [4.78, 5) is 39.4. The lowest BCUT2D eigenvalue weighted by molar-refractivity contribution is -0.143. The molecule has 2 aliphatic rings. The lowest BCUT2D eigenvalue weighted by Crippen LogP contribution is -2.49. The number of carbonyl (C=O) groups is 3. The topological polar surface area (TPSA) is 84.7 Å². The Hall–Kier alpha value is -2.38. The van der Waals surface area contributed by atoms with E-state index in [2.05, 4.69) is 9.84 Å². The molecule has 1 saturated heterocycles. The van der Waals surface area contributed by atoms with Gasteiger partial charge in [-0.25, -0.2) is 4.79 Å². The number of methoxy groups -OCH3 is 1. The maximum absolute atomic E-state index is 12.6. The number of esters is 1. The van der Waals surface area contributed by atoms with Crippen LogP contribution in [-0.2, 0) is 27.4 Å². The molecular weight excluding hydrogens is 300 g/mol. The van der Waals surface area contributed by atoms with E-state index in [1.807, 2.05) is 0 Å². The first kappa shape index (κ1) is 15.5. The molecular formula is C15H20N4O4. The fraction of sp³-hybridized carbons (Fsp3) is 0.600. The molecule has 0 bridgehead atoms. The predicted octanol–water partition coefficient (Wildman–Crippen LogP) is 0.0228. The number of ether oxygens (including phenoxy) is 1. The molecule has 3 heterocycles. The Morgan fingerprint density at radius 2 is 2.09 bits per heavy atom. The van der Waals surface area contributed by atoms with Crippen LogP contribution < -0.4 is 0 Å². The molecule has 0 spiro atoms. The Labute approximate surface area is 134 Å². The maximum Gasteiger partial charge on any atom is 0.358 e. The first-order chi connectivity index (χ1) is 11.0. The number of fused-ring (bicyclic) bond motifs is 1. The van der Waals surface area contributed by atoms with Crippen molar-refractivity contribution >= 4 is 17.8 Å². The van der Waals surface area contributed by atoms with Crippen LogP contribution >= 0.6 is 0 Å². The predicted molar refractivity (Wildman–Crippen MR) is 79.4 cm³/mol. The summed E-state index contributed by atoms with van der Waals surface area (Å²) in [5, 5.41) is 4.19. The maximum atomic E-state index is 12.6. The summed E-state index contributed by atoms with van der Waals surface area (Å²) >= 11 is 0. The molecule has 2 aliphatic heterocycles. The second kappa shape index (κ2) is 6.02. The average molecular weight is 320 g/mol. The highest BCUT2D eigenvalue weighted by molar-refractivity contribution is 5.89. The lowest BCUT2D eigenvalue weighted by atomic mass is 10.2. The Bertz CT molecular complexity index is 654. The Morgan fingerprint density at radius 3 is 2.74 bits per heavy atom. The van der Waals surface area contributed by atoms with Crippen molar-refractivity contribution in [3.05, 3.63) is 17.5 Å². The summed E-state index contributed by atoms with van der Waals surface area (Å²) in [6.07, 6.45) is 1.33. The average Bonchev–Trinajstić information content (AvgIpc) is 3.17. The van der Waals surface area contributed by atoms with Crippen molar-refractivity contribution in [2.45, 2.75) is 38.9 Å². The van der Waals surface area contributed by atoms with Gasteiger partial charge in [0.25, 0.3) is 0 Å². The monoisotopic (exact) mass is 320 g/mol. The molecule has 0 aromatic carbocycles. The van der Waals surface area contributed by atoms with E-state index in [9.17, 15) is 14.4 Å². The van der Waals surface area contributed by atoms with E-state index >= 15 is 0 Å². The van der Waals surface area contributed by atoms with Crippen LogP contribution in [-0.4, -0.2) is 63.6 Å². The second-order valence-electron chi connectivity index (χ2n) is 5.86. The van der Waals surface area contributed by atoms with E-state index in [1.165, 1.54) is 7.11 Å². The minimum absolute atomic E-state index is 0.0425. The first-order valence-electron chi connectivity index (χ1n) is 7.74. The molecule has 0 aliphatic carbocycles. The highest BCUT2D eigenvalue weighted by Crippen LogP contribution is 2.19. The number of amides is 2. The third kappa shape index (κ3) is 2.80. The van der Waals surface area contributed by atoms with Gasteiger partial charge in [0, 0.05) is 19.5 Å². The van der Waals surface area contributed by atoms with Gasteiger partial charge >= 0.3 is 5.97 Å². The SMILES string of the molecule is COC(=O)c1cc2n(n1)CCN(C(=O)[C@H](C)N1CCCC1=O)C2. The van der Waals surface area contributed by atoms with Crippen molar-refractivity contribution in [1.82, 2.24) is 19.6 Å². The van der Waals surface area contributed by atoms with Crippen molar-refractivity contribution in [1.29, 1.82) is 0 Å². The van der Waals surface area contributed by atoms with Crippen LogP contribution in [0, 0.1) is 0 Å². The summed E-state index contributed by atoms with van der Waals surface area (Å²) in [7, 11) is 1.31. The summed E-state index contributed by atoms with van der Waals surface area (Å²) in [5.74, 6) is -0.506. The highest BCUT2D eigenvalue weighted by atomic mass is 16.5. The number of rotatable bonds is 3. The molecule has 0 unspecified atom stereocenters. The third-order valence-electron chi connectivity index (χ3n) is 4.44. The van der Waals surface area contributed by atoms with Crippen LogP contribution in [0.15, 0.2) is 6.07 Å². The first-order valence-corrected chi connectivity index (χ1v) is 7.74. The van der Waals surface area contributed by atoms with Crippen LogP contribution in [0.2, 0.25) is 0 Å². The van der Waals surface area contributed by atoms with Gasteiger partial charge in [0.15, 0.2) is 5.69 Å². The zero-order valence-electron chi connectivity index (χ0n) is 13.3. The van der Waals surface area contributed by atoms with Crippen LogP contribution in [0.5, 0.6) is 0 Å².